The van der Waals surface area contributed by atoms with Crippen molar-refractivity contribution in [3.05, 3.63) is 59.7 Å². The van der Waals surface area contributed by atoms with Crippen LogP contribution in [0.15, 0.2) is 53.4 Å². The molecular formula is C21H26N2O6S. The van der Waals surface area contributed by atoms with Crippen LogP contribution in [0.4, 0.5) is 0 Å². The van der Waals surface area contributed by atoms with Crippen molar-refractivity contribution in [2.24, 2.45) is 0 Å². The fraction of sp³-hybridized carbons (Fsp3) is 0.333. The molecule has 9 heteroatoms. The number of carbonyl (C=O) groups excluding carboxylic acids is 2. The molecular weight excluding hydrogens is 408 g/mol. The fourth-order valence-corrected chi connectivity index (χ4v) is 3.66. The highest BCUT2D eigenvalue weighted by Gasteiger charge is 2.26. The topological polar surface area (TPSA) is 111 Å². The van der Waals surface area contributed by atoms with Gasteiger partial charge in [-0.15, -0.1) is 0 Å². The monoisotopic (exact) mass is 434 g/mol. The maximum atomic E-state index is 12.4. The van der Waals surface area contributed by atoms with Crippen molar-refractivity contribution in [3.8, 4) is 5.75 Å². The molecule has 2 atom stereocenters. The second kappa shape index (κ2) is 10.2. The summed E-state index contributed by atoms with van der Waals surface area (Å²) in [5.41, 5.74) is 1.76. The van der Waals surface area contributed by atoms with Gasteiger partial charge in [0.1, 0.15) is 11.8 Å². The van der Waals surface area contributed by atoms with Crippen LogP contribution in [0.5, 0.6) is 5.75 Å². The normalized spacial score (nSPS) is 13.2. The lowest BCUT2D eigenvalue weighted by Gasteiger charge is -2.18. The summed E-state index contributed by atoms with van der Waals surface area (Å²) >= 11 is 0. The highest BCUT2D eigenvalue weighted by atomic mass is 32.2. The Morgan fingerprint density at radius 2 is 1.60 bits per heavy atom. The molecule has 2 rings (SSSR count). The van der Waals surface area contributed by atoms with E-state index in [-0.39, 0.29) is 11.4 Å². The van der Waals surface area contributed by atoms with Gasteiger partial charge in [0, 0.05) is 6.54 Å². The van der Waals surface area contributed by atoms with E-state index in [4.69, 9.17) is 9.47 Å². The predicted molar refractivity (Wildman–Crippen MR) is 111 cm³/mol. The molecule has 0 fully saturated rings. The Hall–Kier alpha value is -2.91. The first-order chi connectivity index (χ1) is 14.1. The molecule has 1 amide bonds. The van der Waals surface area contributed by atoms with Crippen LogP contribution in [0.2, 0.25) is 0 Å². The highest BCUT2D eigenvalue weighted by Crippen LogP contribution is 2.12. The number of esters is 1. The number of ether oxygens (including phenoxy) is 2. The first-order valence-corrected chi connectivity index (χ1v) is 10.8. The number of amides is 1. The third kappa shape index (κ3) is 6.57. The molecule has 0 heterocycles. The van der Waals surface area contributed by atoms with Crippen LogP contribution < -0.4 is 14.8 Å². The van der Waals surface area contributed by atoms with Gasteiger partial charge in [-0.05, 0) is 50.6 Å². The summed E-state index contributed by atoms with van der Waals surface area (Å²) in [6, 6.07) is 12.2. The predicted octanol–water partition coefficient (Wildman–Crippen LogP) is 1.92. The van der Waals surface area contributed by atoms with Crippen LogP contribution in [-0.2, 0) is 30.9 Å². The van der Waals surface area contributed by atoms with Gasteiger partial charge in [0.15, 0.2) is 6.10 Å². The van der Waals surface area contributed by atoms with E-state index in [9.17, 15) is 18.0 Å². The number of hydrogen-bond donors (Lipinski definition) is 2. The van der Waals surface area contributed by atoms with Gasteiger partial charge in [0.2, 0.25) is 10.0 Å². The van der Waals surface area contributed by atoms with Gasteiger partial charge in [-0.3, -0.25) is 9.59 Å². The van der Waals surface area contributed by atoms with Crippen LogP contribution in [0, 0.1) is 6.92 Å². The molecule has 0 aliphatic rings. The van der Waals surface area contributed by atoms with Crippen molar-refractivity contribution >= 4 is 21.9 Å². The maximum absolute atomic E-state index is 12.4. The van der Waals surface area contributed by atoms with E-state index in [0.29, 0.717) is 5.75 Å². The zero-order valence-corrected chi connectivity index (χ0v) is 18.2. The second-order valence-electron chi connectivity index (χ2n) is 6.80. The summed E-state index contributed by atoms with van der Waals surface area (Å²) in [5.74, 6) is -0.639. The Kier molecular flexibility index (Phi) is 7.96. The number of nitrogens with one attached hydrogen (secondary N) is 2. The van der Waals surface area contributed by atoms with E-state index in [0.717, 1.165) is 11.1 Å². The standard InChI is InChI=1S/C21H26N2O6S/c1-14-5-11-19(12-6-14)30(26,27)23-15(2)21(25)29-16(3)20(24)22-13-17-7-9-18(28-4)10-8-17/h5-12,15-16,23H,13H2,1-4H3,(H,22,24)/t15-,16?/m0/s1. The quantitative estimate of drug-likeness (QED) is 0.584. The molecule has 0 bridgehead atoms. The van der Waals surface area contributed by atoms with E-state index in [1.807, 2.05) is 6.92 Å². The van der Waals surface area contributed by atoms with Crippen molar-refractivity contribution in [2.45, 2.75) is 44.4 Å². The lowest BCUT2D eigenvalue weighted by molar-refractivity contribution is -0.156. The minimum absolute atomic E-state index is 0.0398. The van der Waals surface area contributed by atoms with Gasteiger partial charge in [-0.2, -0.15) is 4.72 Å². The zero-order chi connectivity index (χ0) is 22.3. The van der Waals surface area contributed by atoms with Crippen LogP contribution in [0.3, 0.4) is 0 Å². The van der Waals surface area contributed by atoms with Crippen molar-refractivity contribution in [2.75, 3.05) is 7.11 Å². The van der Waals surface area contributed by atoms with E-state index < -0.39 is 34.0 Å². The molecule has 0 aliphatic heterocycles. The fourth-order valence-electron chi connectivity index (χ4n) is 2.47. The smallest absolute Gasteiger partial charge is 0.324 e. The largest absolute Gasteiger partial charge is 0.497 e. The summed E-state index contributed by atoms with van der Waals surface area (Å²) in [4.78, 5) is 24.4. The number of rotatable bonds is 9. The number of aryl methyl sites for hydroxylation is 1. The number of sulfonamides is 1. The third-order valence-corrected chi connectivity index (χ3v) is 5.86. The summed E-state index contributed by atoms with van der Waals surface area (Å²) in [7, 11) is -2.33. The second-order valence-corrected chi connectivity index (χ2v) is 8.52. The third-order valence-electron chi connectivity index (χ3n) is 4.30. The van der Waals surface area contributed by atoms with Gasteiger partial charge in [0.25, 0.3) is 5.91 Å². The molecule has 0 radical (unpaired) electrons. The SMILES string of the molecule is COc1ccc(CNC(=O)C(C)OC(=O)[C@H](C)NS(=O)(=O)c2ccc(C)cc2)cc1. The molecule has 162 valence electrons. The number of methoxy groups -OCH3 is 1. The highest BCUT2D eigenvalue weighted by molar-refractivity contribution is 7.89. The van der Waals surface area contributed by atoms with Crippen molar-refractivity contribution in [3.63, 3.8) is 0 Å². The van der Waals surface area contributed by atoms with Crippen molar-refractivity contribution in [1.82, 2.24) is 10.0 Å². The van der Waals surface area contributed by atoms with Crippen LogP contribution in [0.25, 0.3) is 0 Å². The van der Waals surface area contributed by atoms with Gasteiger partial charge < -0.3 is 14.8 Å². The van der Waals surface area contributed by atoms with E-state index >= 15 is 0 Å². The zero-order valence-electron chi connectivity index (χ0n) is 17.3. The Labute approximate surface area is 176 Å². The molecule has 0 aliphatic carbocycles. The first-order valence-electron chi connectivity index (χ1n) is 9.32. The van der Waals surface area contributed by atoms with Crippen LogP contribution in [0.1, 0.15) is 25.0 Å². The van der Waals surface area contributed by atoms with Crippen LogP contribution in [-0.4, -0.2) is 39.5 Å². The van der Waals surface area contributed by atoms with Crippen LogP contribution >= 0.6 is 0 Å². The molecule has 0 saturated heterocycles. The first kappa shape index (κ1) is 23.4. The average Bonchev–Trinajstić information content (AvgIpc) is 2.72. The van der Waals surface area contributed by atoms with Gasteiger partial charge >= 0.3 is 5.97 Å². The average molecular weight is 435 g/mol. The van der Waals surface area contributed by atoms with Gasteiger partial charge in [-0.25, -0.2) is 8.42 Å². The van der Waals surface area contributed by atoms with E-state index in [1.54, 1.807) is 43.5 Å². The molecule has 8 nitrogen and oxygen atoms in total. The molecule has 2 N–H and O–H groups in total. The number of hydrogen-bond acceptors (Lipinski definition) is 6. The minimum Gasteiger partial charge on any atom is -0.497 e. The lowest BCUT2D eigenvalue weighted by Crippen LogP contribution is -2.43. The Morgan fingerprint density at radius 3 is 2.17 bits per heavy atom. The molecule has 1 unspecified atom stereocenters. The summed E-state index contributed by atoms with van der Waals surface area (Å²) in [5, 5.41) is 2.66. The van der Waals surface area contributed by atoms with Crippen molar-refractivity contribution in [1.29, 1.82) is 0 Å². The molecule has 0 aromatic heterocycles. The molecule has 2 aromatic carbocycles. The van der Waals surface area contributed by atoms with E-state index in [2.05, 4.69) is 10.0 Å². The molecule has 0 saturated carbocycles. The lowest BCUT2D eigenvalue weighted by atomic mass is 10.2. The molecule has 2 aromatic rings. The van der Waals surface area contributed by atoms with Gasteiger partial charge in [-0.1, -0.05) is 29.8 Å². The summed E-state index contributed by atoms with van der Waals surface area (Å²) in [6.45, 7) is 4.86. The Bertz CT molecular complexity index is 972. The minimum atomic E-state index is -3.89. The van der Waals surface area contributed by atoms with E-state index in [1.165, 1.54) is 26.0 Å². The molecule has 30 heavy (non-hydrogen) atoms. The number of carbonyl (C=O) groups is 2. The summed E-state index contributed by atoms with van der Waals surface area (Å²) in [6.07, 6.45) is -1.08. The Balaban J connectivity index is 1.87. The van der Waals surface area contributed by atoms with Crippen molar-refractivity contribution < 1.29 is 27.5 Å². The summed E-state index contributed by atoms with van der Waals surface area (Å²) < 4.78 is 37.2. The Morgan fingerprint density at radius 1 is 1.00 bits per heavy atom. The maximum Gasteiger partial charge on any atom is 0.324 e. The number of benzene rings is 2. The molecule has 0 spiro atoms. The van der Waals surface area contributed by atoms with Gasteiger partial charge in [0.05, 0.1) is 12.0 Å².